The van der Waals surface area contributed by atoms with Crippen LogP contribution in [0, 0.1) is 0 Å². The lowest BCUT2D eigenvalue weighted by Crippen LogP contribution is -2.20. The van der Waals surface area contributed by atoms with E-state index in [1.807, 2.05) is 0 Å². The number of hydrogen-bond donors (Lipinski definition) is 2. The van der Waals surface area contributed by atoms with Crippen LogP contribution in [-0.4, -0.2) is 18.4 Å². The molecule has 3 N–H and O–H groups in total. The molecule has 0 heterocycles. The molecule has 0 saturated carbocycles. The Hall–Kier alpha value is -2.24. The summed E-state index contributed by atoms with van der Waals surface area (Å²) >= 11 is 11.6. The van der Waals surface area contributed by atoms with Crippen molar-refractivity contribution in [3.8, 4) is 5.75 Å². The van der Waals surface area contributed by atoms with Gasteiger partial charge in [0.1, 0.15) is 5.75 Å². The van der Waals surface area contributed by atoms with Gasteiger partial charge in [0.15, 0.2) is 6.61 Å². The van der Waals surface area contributed by atoms with Crippen molar-refractivity contribution >= 4 is 40.7 Å². The highest BCUT2D eigenvalue weighted by atomic mass is 35.5. The third-order valence-corrected chi connectivity index (χ3v) is 3.45. The molecule has 0 bridgehead atoms. The fourth-order valence-electron chi connectivity index (χ4n) is 1.63. The van der Waals surface area contributed by atoms with Crippen LogP contribution in [0.1, 0.15) is 10.4 Å². The second-order valence-electron chi connectivity index (χ2n) is 4.35. The number of nitrogens with one attached hydrogen (secondary N) is 1. The molecule has 0 aliphatic heterocycles. The van der Waals surface area contributed by atoms with Gasteiger partial charge in [-0.3, -0.25) is 9.59 Å². The minimum absolute atomic E-state index is 0.185. The molecule has 0 atom stereocenters. The molecular formula is C15H12Cl2N2O3. The lowest BCUT2D eigenvalue weighted by atomic mass is 10.2. The van der Waals surface area contributed by atoms with Gasteiger partial charge in [-0.2, -0.15) is 0 Å². The van der Waals surface area contributed by atoms with Gasteiger partial charge in [0, 0.05) is 17.3 Å². The van der Waals surface area contributed by atoms with Crippen LogP contribution in [0.5, 0.6) is 5.75 Å². The van der Waals surface area contributed by atoms with E-state index in [2.05, 4.69) is 5.32 Å². The minimum atomic E-state index is -0.527. The Kier molecular flexibility index (Phi) is 5.25. The zero-order chi connectivity index (χ0) is 16.1. The molecule has 2 rings (SSSR count). The van der Waals surface area contributed by atoms with Crippen molar-refractivity contribution in [3.05, 3.63) is 58.1 Å². The van der Waals surface area contributed by atoms with E-state index in [9.17, 15) is 9.59 Å². The lowest BCUT2D eigenvalue weighted by Gasteiger charge is -2.08. The molecule has 0 saturated heterocycles. The number of anilines is 1. The summed E-state index contributed by atoms with van der Waals surface area (Å²) in [6.45, 7) is -0.185. The summed E-state index contributed by atoms with van der Waals surface area (Å²) in [6.07, 6.45) is 0. The summed E-state index contributed by atoms with van der Waals surface area (Å²) in [5, 5.41) is 3.39. The molecule has 22 heavy (non-hydrogen) atoms. The Morgan fingerprint density at radius 1 is 1.05 bits per heavy atom. The Labute approximate surface area is 137 Å². The normalized spacial score (nSPS) is 10.1. The fourth-order valence-corrected chi connectivity index (χ4v) is 1.92. The molecule has 7 heteroatoms. The van der Waals surface area contributed by atoms with Crippen LogP contribution in [-0.2, 0) is 4.79 Å². The second-order valence-corrected chi connectivity index (χ2v) is 5.17. The lowest BCUT2D eigenvalue weighted by molar-refractivity contribution is -0.118. The van der Waals surface area contributed by atoms with Crippen molar-refractivity contribution in [1.29, 1.82) is 0 Å². The van der Waals surface area contributed by atoms with Gasteiger partial charge in [0.05, 0.1) is 10.0 Å². The number of benzene rings is 2. The van der Waals surface area contributed by atoms with Crippen molar-refractivity contribution in [2.45, 2.75) is 0 Å². The molecule has 114 valence electrons. The smallest absolute Gasteiger partial charge is 0.262 e. The largest absolute Gasteiger partial charge is 0.484 e. The van der Waals surface area contributed by atoms with Gasteiger partial charge in [0.25, 0.3) is 5.91 Å². The van der Waals surface area contributed by atoms with E-state index >= 15 is 0 Å². The average Bonchev–Trinajstić information content (AvgIpc) is 2.49. The van der Waals surface area contributed by atoms with E-state index in [-0.39, 0.29) is 12.5 Å². The Bertz CT molecular complexity index is 702. The number of ether oxygens (including phenoxy) is 1. The van der Waals surface area contributed by atoms with Crippen LogP contribution in [0.4, 0.5) is 5.69 Å². The molecule has 0 aliphatic rings. The van der Waals surface area contributed by atoms with Crippen molar-refractivity contribution in [2.24, 2.45) is 5.73 Å². The first-order chi connectivity index (χ1) is 10.5. The molecule has 5 nitrogen and oxygen atoms in total. The van der Waals surface area contributed by atoms with E-state index in [4.69, 9.17) is 33.7 Å². The summed E-state index contributed by atoms with van der Waals surface area (Å²) in [6, 6.07) is 10.9. The van der Waals surface area contributed by atoms with Gasteiger partial charge in [-0.15, -0.1) is 0 Å². The quantitative estimate of drug-likeness (QED) is 0.878. The molecule has 2 aromatic rings. The maximum atomic E-state index is 11.8. The average molecular weight is 339 g/mol. The minimum Gasteiger partial charge on any atom is -0.484 e. The number of rotatable bonds is 5. The van der Waals surface area contributed by atoms with Gasteiger partial charge in [0.2, 0.25) is 5.91 Å². The number of amides is 2. The third kappa shape index (κ3) is 4.38. The molecule has 0 unspecified atom stereocenters. The van der Waals surface area contributed by atoms with Gasteiger partial charge in [-0.25, -0.2) is 0 Å². The Morgan fingerprint density at radius 3 is 2.32 bits per heavy atom. The van der Waals surface area contributed by atoms with Crippen LogP contribution in [0.25, 0.3) is 0 Å². The molecule has 0 aliphatic carbocycles. The van der Waals surface area contributed by atoms with Crippen LogP contribution < -0.4 is 15.8 Å². The fraction of sp³-hybridized carbons (Fsp3) is 0.0667. The van der Waals surface area contributed by atoms with Gasteiger partial charge in [-0.05, 0) is 36.4 Å². The maximum absolute atomic E-state index is 11.8. The Balaban J connectivity index is 1.89. The highest BCUT2D eigenvalue weighted by molar-refractivity contribution is 6.42. The zero-order valence-electron chi connectivity index (χ0n) is 11.3. The Morgan fingerprint density at radius 2 is 1.73 bits per heavy atom. The molecule has 0 fully saturated rings. The first-order valence-electron chi connectivity index (χ1n) is 6.23. The number of hydrogen-bond acceptors (Lipinski definition) is 3. The monoisotopic (exact) mass is 338 g/mol. The van der Waals surface area contributed by atoms with Crippen LogP contribution >= 0.6 is 23.2 Å². The van der Waals surface area contributed by atoms with E-state index in [1.54, 1.807) is 24.3 Å². The first-order valence-corrected chi connectivity index (χ1v) is 6.99. The SMILES string of the molecule is NC(=O)c1ccc(NC(=O)COc2ccc(Cl)c(Cl)c2)cc1. The number of halogens is 2. The number of carbonyl (C=O) groups excluding carboxylic acids is 2. The second kappa shape index (κ2) is 7.15. The number of nitrogens with two attached hydrogens (primary N) is 1. The summed E-state index contributed by atoms with van der Waals surface area (Å²) in [5.41, 5.74) is 6.03. The maximum Gasteiger partial charge on any atom is 0.262 e. The molecule has 2 amide bonds. The van der Waals surface area contributed by atoms with E-state index in [0.717, 1.165) is 0 Å². The number of primary amides is 1. The molecule has 2 aromatic carbocycles. The van der Waals surface area contributed by atoms with Gasteiger partial charge < -0.3 is 15.8 Å². The van der Waals surface area contributed by atoms with E-state index in [0.29, 0.717) is 27.0 Å². The topological polar surface area (TPSA) is 81.4 Å². The summed E-state index contributed by atoms with van der Waals surface area (Å²) in [4.78, 5) is 22.7. The van der Waals surface area contributed by atoms with Gasteiger partial charge >= 0.3 is 0 Å². The molecule has 0 radical (unpaired) electrons. The van der Waals surface area contributed by atoms with Crippen molar-refractivity contribution < 1.29 is 14.3 Å². The molecular weight excluding hydrogens is 327 g/mol. The van der Waals surface area contributed by atoms with E-state index in [1.165, 1.54) is 18.2 Å². The molecule has 0 spiro atoms. The van der Waals surface area contributed by atoms with Crippen molar-refractivity contribution in [3.63, 3.8) is 0 Å². The first kappa shape index (κ1) is 16.1. The zero-order valence-corrected chi connectivity index (χ0v) is 12.8. The van der Waals surface area contributed by atoms with Crippen LogP contribution in [0.15, 0.2) is 42.5 Å². The van der Waals surface area contributed by atoms with Crippen molar-refractivity contribution in [2.75, 3.05) is 11.9 Å². The third-order valence-electron chi connectivity index (χ3n) is 2.71. The standard InChI is InChI=1S/C15H12Cl2N2O3/c16-12-6-5-11(7-13(12)17)22-8-14(20)19-10-3-1-9(2-4-10)15(18)21/h1-7H,8H2,(H2,18,21)(H,19,20). The summed E-state index contributed by atoms with van der Waals surface area (Å²) in [7, 11) is 0. The highest BCUT2D eigenvalue weighted by Gasteiger charge is 2.06. The summed E-state index contributed by atoms with van der Waals surface area (Å²) < 4.78 is 5.31. The van der Waals surface area contributed by atoms with Crippen LogP contribution in [0.3, 0.4) is 0 Å². The van der Waals surface area contributed by atoms with Crippen molar-refractivity contribution in [1.82, 2.24) is 0 Å². The van der Waals surface area contributed by atoms with Gasteiger partial charge in [-0.1, -0.05) is 23.2 Å². The highest BCUT2D eigenvalue weighted by Crippen LogP contribution is 2.26. The van der Waals surface area contributed by atoms with E-state index < -0.39 is 5.91 Å². The molecule has 0 aromatic heterocycles. The predicted octanol–water partition coefficient (Wildman–Crippen LogP) is 3.11. The summed E-state index contributed by atoms with van der Waals surface area (Å²) in [5.74, 6) is -0.438. The predicted molar refractivity (Wildman–Crippen MR) is 85.5 cm³/mol. The number of carbonyl (C=O) groups is 2. The van der Waals surface area contributed by atoms with Crippen LogP contribution in [0.2, 0.25) is 10.0 Å².